The number of nitrogens with two attached hydrogens (primary N) is 1. The maximum atomic E-state index is 12.2. The predicted molar refractivity (Wildman–Crippen MR) is 105 cm³/mol. The van der Waals surface area contributed by atoms with E-state index in [1.165, 1.54) is 0 Å². The van der Waals surface area contributed by atoms with Gasteiger partial charge in [-0.3, -0.25) is 15.1 Å². The highest BCUT2D eigenvalue weighted by Gasteiger charge is 2.38. The van der Waals surface area contributed by atoms with Gasteiger partial charge < -0.3 is 15.4 Å². The summed E-state index contributed by atoms with van der Waals surface area (Å²) < 4.78 is 36.9. The van der Waals surface area contributed by atoms with Crippen LogP contribution in [0.1, 0.15) is 5.56 Å². The number of carboxylic acids is 1. The Kier molecular flexibility index (Phi) is 8.11. The molecule has 0 radical (unpaired) electrons. The van der Waals surface area contributed by atoms with E-state index < -0.39 is 18.2 Å². The van der Waals surface area contributed by atoms with Gasteiger partial charge in [0, 0.05) is 29.0 Å². The van der Waals surface area contributed by atoms with Gasteiger partial charge in [-0.25, -0.2) is 4.79 Å². The largest absolute Gasteiger partial charge is 0.490 e. The summed E-state index contributed by atoms with van der Waals surface area (Å²) >= 11 is 5.84. The Bertz CT molecular complexity index is 1010. The average molecular weight is 457 g/mol. The van der Waals surface area contributed by atoms with E-state index in [1.54, 1.807) is 42.7 Å². The zero-order valence-corrected chi connectivity index (χ0v) is 16.4. The number of amides is 1. The number of aromatic nitrogens is 2. The molecule has 2 aromatic heterocycles. The molecule has 0 spiro atoms. The Balaban J connectivity index is 0.000000423. The first-order valence-corrected chi connectivity index (χ1v) is 8.92. The van der Waals surface area contributed by atoms with Crippen molar-refractivity contribution in [2.24, 2.45) is 5.73 Å². The number of carboxylic acid groups (broad SMARTS) is 1. The van der Waals surface area contributed by atoms with Crippen LogP contribution in [0.4, 0.5) is 19.1 Å². The quantitative estimate of drug-likeness (QED) is 0.535. The van der Waals surface area contributed by atoms with Crippen LogP contribution in [0.2, 0.25) is 5.02 Å². The number of nitrogens with zero attached hydrogens (tertiary/aromatic N) is 2. The van der Waals surface area contributed by atoms with Gasteiger partial charge in [-0.05, 0) is 36.2 Å². The van der Waals surface area contributed by atoms with Crippen LogP contribution in [0, 0.1) is 0 Å². The number of pyridine rings is 1. The van der Waals surface area contributed by atoms with E-state index in [1.807, 2.05) is 12.1 Å². The van der Waals surface area contributed by atoms with E-state index in [2.05, 4.69) is 15.5 Å². The van der Waals surface area contributed by atoms with Crippen molar-refractivity contribution in [2.75, 3.05) is 5.32 Å². The highest BCUT2D eigenvalue weighted by molar-refractivity contribution is 6.30. The number of rotatable bonds is 5. The van der Waals surface area contributed by atoms with E-state index in [9.17, 15) is 18.0 Å². The maximum absolute atomic E-state index is 12.2. The first-order chi connectivity index (χ1) is 14.6. The fraction of sp³-hybridized carbons (Fsp3) is 0.158. The molecule has 0 aliphatic rings. The Labute approximate surface area is 178 Å². The first kappa shape index (κ1) is 23.8. The summed E-state index contributed by atoms with van der Waals surface area (Å²) in [4.78, 5) is 25.0. The van der Waals surface area contributed by atoms with Crippen molar-refractivity contribution < 1.29 is 32.4 Å². The van der Waals surface area contributed by atoms with Crippen LogP contribution in [0.3, 0.4) is 0 Å². The molecule has 2 heterocycles. The molecular weight excluding hydrogens is 441 g/mol. The van der Waals surface area contributed by atoms with Crippen LogP contribution in [0.15, 0.2) is 59.4 Å². The molecule has 3 rings (SSSR count). The molecule has 3 aromatic rings. The lowest BCUT2D eigenvalue weighted by Crippen LogP contribution is -2.37. The fourth-order valence-corrected chi connectivity index (χ4v) is 2.30. The van der Waals surface area contributed by atoms with E-state index in [0.717, 1.165) is 11.1 Å². The molecule has 164 valence electrons. The second-order valence-corrected chi connectivity index (χ2v) is 6.48. The minimum absolute atomic E-state index is 0.248. The highest BCUT2D eigenvalue weighted by atomic mass is 35.5. The van der Waals surface area contributed by atoms with Gasteiger partial charge in [-0.15, -0.1) is 0 Å². The molecule has 0 fully saturated rings. The molecular formula is C19H16ClF3N4O4. The minimum Gasteiger partial charge on any atom is -0.475 e. The lowest BCUT2D eigenvalue weighted by atomic mass is 10.1. The van der Waals surface area contributed by atoms with Gasteiger partial charge in [0.25, 0.3) is 0 Å². The number of carbonyl (C=O) groups excluding carboxylic acids is 1. The Morgan fingerprint density at radius 1 is 1.16 bits per heavy atom. The molecule has 0 unspecified atom stereocenters. The van der Waals surface area contributed by atoms with Gasteiger partial charge in [-0.1, -0.05) is 28.9 Å². The number of anilines is 1. The third kappa shape index (κ3) is 7.72. The van der Waals surface area contributed by atoms with Gasteiger partial charge in [0.15, 0.2) is 0 Å². The van der Waals surface area contributed by atoms with Crippen LogP contribution in [-0.2, 0) is 16.0 Å². The molecule has 0 aliphatic carbocycles. The van der Waals surface area contributed by atoms with Crippen molar-refractivity contribution in [3.05, 3.63) is 65.4 Å². The zero-order valence-electron chi connectivity index (χ0n) is 15.6. The van der Waals surface area contributed by atoms with Crippen molar-refractivity contribution in [1.29, 1.82) is 0 Å². The SMILES string of the molecule is N[C@@H](Cc1ccc(Cl)cc1)C(=O)Nc1cc(-c2ccncc2)no1.O=C(O)C(F)(F)F. The standard InChI is InChI=1S/C17H15ClN4O2.C2HF3O2/c18-13-3-1-11(2-4-13)9-14(19)17(23)21-16-10-15(22-24-16)12-5-7-20-8-6-12;3-2(4,5)1(6)7/h1-8,10,14H,9,19H2,(H,21,23);(H,6,7)/t14-;/m0./s1. The summed E-state index contributed by atoms with van der Waals surface area (Å²) in [6.45, 7) is 0. The summed E-state index contributed by atoms with van der Waals surface area (Å²) in [6, 6.07) is 11.7. The monoisotopic (exact) mass is 456 g/mol. The third-order valence-corrected chi connectivity index (χ3v) is 3.93. The molecule has 1 aromatic carbocycles. The molecule has 1 amide bonds. The van der Waals surface area contributed by atoms with Crippen molar-refractivity contribution in [3.63, 3.8) is 0 Å². The summed E-state index contributed by atoms with van der Waals surface area (Å²) in [5.41, 5.74) is 8.32. The Morgan fingerprint density at radius 3 is 2.29 bits per heavy atom. The van der Waals surface area contributed by atoms with Crippen LogP contribution in [-0.4, -0.2) is 39.3 Å². The van der Waals surface area contributed by atoms with Gasteiger partial charge >= 0.3 is 12.1 Å². The molecule has 1 atom stereocenters. The molecule has 31 heavy (non-hydrogen) atoms. The molecule has 0 saturated carbocycles. The first-order valence-electron chi connectivity index (χ1n) is 8.54. The van der Waals surface area contributed by atoms with Crippen LogP contribution >= 0.6 is 11.6 Å². The van der Waals surface area contributed by atoms with E-state index in [0.29, 0.717) is 17.1 Å². The van der Waals surface area contributed by atoms with Crippen molar-refractivity contribution >= 4 is 29.4 Å². The number of hydrogen-bond donors (Lipinski definition) is 3. The normalized spacial score (nSPS) is 11.8. The van der Waals surface area contributed by atoms with E-state index in [-0.39, 0.29) is 11.8 Å². The van der Waals surface area contributed by atoms with Gasteiger partial charge in [0.1, 0.15) is 5.69 Å². The van der Waals surface area contributed by atoms with Crippen LogP contribution in [0.5, 0.6) is 0 Å². The molecule has 12 heteroatoms. The topological polar surface area (TPSA) is 131 Å². The van der Waals surface area contributed by atoms with Crippen molar-refractivity contribution in [1.82, 2.24) is 10.1 Å². The fourth-order valence-electron chi connectivity index (χ4n) is 2.17. The van der Waals surface area contributed by atoms with Crippen molar-refractivity contribution in [2.45, 2.75) is 18.6 Å². The number of halogens is 4. The summed E-state index contributed by atoms with van der Waals surface area (Å²) in [7, 11) is 0. The predicted octanol–water partition coefficient (Wildman–Crippen LogP) is 3.53. The third-order valence-electron chi connectivity index (χ3n) is 3.68. The number of nitrogens with one attached hydrogen (secondary N) is 1. The Hall–Kier alpha value is -3.44. The van der Waals surface area contributed by atoms with Crippen molar-refractivity contribution in [3.8, 4) is 11.3 Å². The second-order valence-electron chi connectivity index (χ2n) is 6.04. The number of carbonyl (C=O) groups is 2. The smallest absolute Gasteiger partial charge is 0.475 e. The number of aliphatic carboxylic acids is 1. The summed E-state index contributed by atoms with van der Waals surface area (Å²) in [5.74, 6) is -2.85. The molecule has 0 aliphatic heterocycles. The number of alkyl halides is 3. The van der Waals surface area contributed by atoms with Gasteiger partial charge in [0.05, 0.1) is 6.04 Å². The molecule has 4 N–H and O–H groups in total. The highest BCUT2D eigenvalue weighted by Crippen LogP contribution is 2.21. The number of hydrogen-bond acceptors (Lipinski definition) is 6. The molecule has 0 saturated heterocycles. The molecule has 0 bridgehead atoms. The second kappa shape index (κ2) is 10.5. The average Bonchev–Trinajstić information content (AvgIpc) is 3.18. The lowest BCUT2D eigenvalue weighted by Gasteiger charge is -2.10. The van der Waals surface area contributed by atoms with E-state index in [4.69, 9.17) is 31.8 Å². The van der Waals surface area contributed by atoms with E-state index >= 15 is 0 Å². The minimum atomic E-state index is -5.08. The lowest BCUT2D eigenvalue weighted by molar-refractivity contribution is -0.192. The van der Waals surface area contributed by atoms with Crippen LogP contribution < -0.4 is 11.1 Å². The molecule has 8 nitrogen and oxygen atoms in total. The maximum Gasteiger partial charge on any atom is 0.490 e. The van der Waals surface area contributed by atoms with Crippen LogP contribution in [0.25, 0.3) is 11.3 Å². The van der Waals surface area contributed by atoms with Gasteiger partial charge in [0.2, 0.25) is 11.8 Å². The number of benzene rings is 1. The summed E-state index contributed by atoms with van der Waals surface area (Å²) in [6.07, 6.45) is -1.37. The zero-order chi connectivity index (χ0) is 23.0. The Morgan fingerprint density at radius 2 is 1.74 bits per heavy atom. The van der Waals surface area contributed by atoms with Gasteiger partial charge in [-0.2, -0.15) is 13.2 Å². The summed E-state index contributed by atoms with van der Waals surface area (Å²) in [5, 5.41) is 14.3.